The predicted octanol–water partition coefficient (Wildman–Crippen LogP) is 3.96. The van der Waals surface area contributed by atoms with E-state index in [2.05, 4.69) is 20.3 Å². The molecule has 0 aliphatic carbocycles. The lowest BCUT2D eigenvalue weighted by Crippen LogP contribution is -2.17. The molecule has 0 atom stereocenters. The number of halogens is 2. The fourth-order valence-corrected chi connectivity index (χ4v) is 4.54. The summed E-state index contributed by atoms with van der Waals surface area (Å²) in [7, 11) is -4.34. The quantitative estimate of drug-likeness (QED) is 0.329. The Morgan fingerprint density at radius 3 is 2.66 bits per heavy atom. The van der Waals surface area contributed by atoms with Gasteiger partial charge in [0.15, 0.2) is 5.82 Å². The van der Waals surface area contributed by atoms with E-state index in [1.807, 2.05) is 24.6 Å². The maximum atomic E-state index is 15.4. The molecule has 0 amide bonds. The Bertz CT molecular complexity index is 1610. The lowest BCUT2D eigenvalue weighted by molar-refractivity contribution is 0.103. The van der Waals surface area contributed by atoms with Crippen LogP contribution in [0, 0.1) is 23.0 Å². The van der Waals surface area contributed by atoms with Gasteiger partial charge >= 0.3 is 0 Å². The smallest absolute Gasteiger partial charge is 0.262 e. The number of nitrogens with zero attached hydrogens (tertiary/aromatic N) is 3. The summed E-state index contributed by atoms with van der Waals surface area (Å²) in [6, 6.07) is 8.49. The van der Waals surface area contributed by atoms with Crippen LogP contribution in [0.5, 0.6) is 0 Å². The highest BCUT2D eigenvalue weighted by atomic mass is 32.2. The molecule has 0 bridgehead atoms. The second-order valence-electron chi connectivity index (χ2n) is 7.81. The molecule has 0 aliphatic rings. The van der Waals surface area contributed by atoms with Crippen LogP contribution >= 0.6 is 0 Å². The second-order valence-corrected chi connectivity index (χ2v) is 9.49. The van der Waals surface area contributed by atoms with Gasteiger partial charge in [-0.2, -0.15) is 5.26 Å². The van der Waals surface area contributed by atoms with E-state index in [4.69, 9.17) is 5.26 Å². The van der Waals surface area contributed by atoms with E-state index in [0.717, 1.165) is 18.2 Å². The molecular weight excluding hydrogens is 478 g/mol. The normalized spacial score (nSPS) is 11.4. The van der Waals surface area contributed by atoms with Crippen LogP contribution in [0.1, 0.15) is 35.3 Å². The number of anilines is 2. The summed E-state index contributed by atoms with van der Waals surface area (Å²) < 4.78 is 57.6. The third kappa shape index (κ3) is 4.53. The van der Waals surface area contributed by atoms with Crippen LogP contribution in [0.4, 0.5) is 20.3 Å². The number of nitriles is 1. The maximum absolute atomic E-state index is 15.4. The van der Waals surface area contributed by atoms with Crippen molar-refractivity contribution in [3.8, 4) is 6.07 Å². The van der Waals surface area contributed by atoms with E-state index >= 15 is 4.39 Å². The number of H-pyrrole nitrogens is 1. The van der Waals surface area contributed by atoms with Crippen LogP contribution in [-0.4, -0.2) is 35.2 Å². The highest BCUT2D eigenvalue weighted by Gasteiger charge is 2.27. The lowest BCUT2D eigenvalue weighted by Gasteiger charge is -2.13. The molecule has 2 aromatic carbocycles. The number of nitrogens with one attached hydrogen (secondary N) is 3. The van der Waals surface area contributed by atoms with E-state index < -0.39 is 38.7 Å². The van der Waals surface area contributed by atoms with Crippen molar-refractivity contribution in [1.29, 1.82) is 5.26 Å². The molecule has 9 nitrogen and oxygen atoms in total. The van der Waals surface area contributed by atoms with Crippen molar-refractivity contribution >= 4 is 38.3 Å². The van der Waals surface area contributed by atoms with Gasteiger partial charge in [-0.3, -0.25) is 9.52 Å². The fraction of sp³-hybridized carbons (Fsp3) is 0.130. The molecule has 2 aromatic heterocycles. The zero-order valence-corrected chi connectivity index (χ0v) is 19.2. The van der Waals surface area contributed by atoms with Crippen molar-refractivity contribution in [2.24, 2.45) is 0 Å². The molecule has 0 radical (unpaired) electrons. The average Bonchev–Trinajstić information content (AvgIpc) is 3.26. The van der Waals surface area contributed by atoms with E-state index in [0.29, 0.717) is 5.82 Å². The van der Waals surface area contributed by atoms with Crippen molar-refractivity contribution in [1.82, 2.24) is 15.0 Å². The van der Waals surface area contributed by atoms with E-state index in [-0.39, 0.29) is 33.1 Å². The summed E-state index contributed by atoms with van der Waals surface area (Å²) in [4.78, 5) is 23.9. The Hall–Kier alpha value is -4.37. The number of aromatic amines is 1. The second kappa shape index (κ2) is 9.11. The monoisotopic (exact) mass is 496 g/mol. The summed E-state index contributed by atoms with van der Waals surface area (Å²) in [6.07, 6.45) is 2.53. The summed E-state index contributed by atoms with van der Waals surface area (Å²) in [6.45, 7) is 3.70. The summed E-state index contributed by atoms with van der Waals surface area (Å²) in [5, 5.41) is 12.3. The van der Waals surface area contributed by atoms with Gasteiger partial charge in [0.2, 0.25) is 5.78 Å². The number of hydrogen-bond acceptors (Lipinski definition) is 7. The average molecular weight is 496 g/mol. The van der Waals surface area contributed by atoms with Crippen LogP contribution < -0.4 is 10.0 Å². The number of benzene rings is 2. The van der Waals surface area contributed by atoms with Gasteiger partial charge in [-0.05, 0) is 44.2 Å². The van der Waals surface area contributed by atoms with Crippen molar-refractivity contribution in [3.05, 3.63) is 77.2 Å². The van der Waals surface area contributed by atoms with Gasteiger partial charge in [0.05, 0.1) is 38.7 Å². The number of sulfonamides is 1. The van der Waals surface area contributed by atoms with Gasteiger partial charge in [-0.25, -0.2) is 27.2 Å². The number of fused-ring (bicyclic) bond motifs is 1. The van der Waals surface area contributed by atoms with Crippen LogP contribution in [-0.2, 0) is 10.0 Å². The highest BCUT2D eigenvalue weighted by Crippen LogP contribution is 2.30. The standard InChI is InChI=1S/C23H18F2N6O3S/c1-12(2)30-23-18-15(10-27-22(18)28-11-29-23)21(32)19-16(24)6-7-17(20(19)25)31-35(33,34)14-5-3-4-13(8-14)9-26/h3-8,10-12,31H,1-2H3,(H2,27,28,29,30). The molecule has 4 aromatic rings. The van der Waals surface area contributed by atoms with Crippen LogP contribution in [0.2, 0.25) is 0 Å². The van der Waals surface area contributed by atoms with Crippen molar-refractivity contribution in [2.45, 2.75) is 24.8 Å². The first-order valence-electron chi connectivity index (χ1n) is 10.3. The van der Waals surface area contributed by atoms with Crippen LogP contribution in [0.15, 0.2) is 53.8 Å². The largest absolute Gasteiger partial charge is 0.367 e. The number of aromatic nitrogens is 3. The topological polar surface area (TPSA) is 141 Å². The van der Waals surface area contributed by atoms with Crippen molar-refractivity contribution < 1.29 is 22.0 Å². The third-order valence-corrected chi connectivity index (χ3v) is 6.34. The molecule has 3 N–H and O–H groups in total. The fourth-order valence-electron chi connectivity index (χ4n) is 3.44. The molecule has 0 saturated carbocycles. The minimum absolute atomic E-state index is 0.0586. The number of hydrogen-bond donors (Lipinski definition) is 3. The SMILES string of the molecule is CC(C)Nc1ncnc2[nH]cc(C(=O)c3c(F)ccc(NS(=O)(=O)c4cccc(C#N)c4)c3F)c12. The lowest BCUT2D eigenvalue weighted by atomic mass is 10.0. The molecular formula is C23H18F2N6O3S. The first-order valence-corrected chi connectivity index (χ1v) is 11.7. The van der Waals surface area contributed by atoms with E-state index in [1.165, 1.54) is 30.7 Å². The Kier molecular flexibility index (Phi) is 6.19. The first-order chi connectivity index (χ1) is 16.6. The van der Waals surface area contributed by atoms with Gasteiger partial charge in [0, 0.05) is 12.2 Å². The molecule has 0 aliphatic heterocycles. The number of carbonyl (C=O) groups is 1. The highest BCUT2D eigenvalue weighted by molar-refractivity contribution is 7.92. The molecule has 0 fully saturated rings. The maximum Gasteiger partial charge on any atom is 0.262 e. The summed E-state index contributed by atoms with van der Waals surface area (Å²) in [5.74, 6) is -3.30. The van der Waals surface area contributed by atoms with Gasteiger partial charge in [-0.1, -0.05) is 6.07 Å². The Morgan fingerprint density at radius 1 is 1.17 bits per heavy atom. The number of carbonyl (C=O) groups excluding carboxylic acids is 1. The summed E-state index contributed by atoms with van der Waals surface area (Å²) in [5.41, 5.74) is -1.31. The van der Waals surface area contributed by atoms with E-state index in [9.17, 15) is 17.6 Å². The Balaban J connectivity index is 1.78. The Morgan fingerprint density at radius 2 is 1.94 bits per heavy atom. The van der Waals surface area contributed by atoms with Crippen molar-refractivity contribution in [3.63, 3.8) is 0 Å². The minimum Gasteiger partial charge on any atom is -0.367 e. The molecule has 0 saturated heterocycles. The molecule has 0 spiro atoms. The zero-order chi connectivity index (χ0) is 25.3. The minimum atomic E-state index is -4.34. The van der Waals surface area contributed by atoms with Crippen molar-refractivity contribution in [2.75, 3.05) is 10.0 Å². The van der Waals surface area contributed by atoms with E-state index in [1.54, 1.807) is 0 Å². The van der Waals surface area contributed by atoms with Gasteiger partial charge in [-0.15, -0.1) is 0 Å². The first kappa shape index (κ1) is 23.8. The van der Waals surface area contributed by atoms with Gasteiger partial charge in [0.1, 0.15) is 23.6 Å². The zero-order valence-electron chi connectivity index (χ0n) is 18.4. The number of ketones is 1. The predicted molar refractivity (Wildman–Crippen MR) is 124 cm³/mol. The molecule has 0 unspecified atom stereocenters. The van der Waals surface area contributed by atoms with Crippen LogP contribution in [0.25, 0.3) is 11.0 Å². The molecule has 35 heavy (non-hydrogen) atoms. The molecule has 4 rings (SSSR count). The molecule has 12 heteroatoms. The Labute approximate surface area is 198 Å². The molecule has 178 valence electrons. The number of rotatable bonds is 7. The summed E-state index contributed by atoms with van der Waals surface area (Å²) >= 11 is 0. The van der Waals surface area contributed by atoms with Gasteiger partial charge in [0.25, 0.3) is 10.0 Å². The van der Waals surface area contributed by atoms with Crippen LogP contribution in [0.3, 0.4) is 0 Å². The third-order valence-electron chi connectivity index (χ3n) is 4.98. The van der Waals surface area contributed by atoms with Gasteiger partial charge < -0.3 is 10.3 Å². The molecule has 2 heterocycles.